The van der Waals surface area contributed by atoms with E-state index in [0.717, 1.165) is 65.4 Å². The molecule has 41 heavy (non-hydrogen) atoms. The molecule has 1 aliphatic heterocycles. The van der Waals surface area contributed by atoms with Crippen LogP contribution in [0, 0.1) is 26.2 Å². The Balaban J connectivity index is 1.39. The number of imide groups is 1. The summed E-state index contributed by atoms with van der Waals surface area (Å²) in [5.74, 6) is 1.21. The summed E-state index contributed by atoms with van der Waals surface area (Å²) in [5, 5.41) is 1.92. The minimum Gasteiger partial charge on any atom is -0.493 e. The van der Waals surface area contributed by atoms with Gasteiger partial charge < -0.3 is 14.2 Å². The maximum Gasteiger partial charge on any atom is 0.305 e. The number of halogens is 1. The molecule has 1 fully saturated rings. The summed E-state index contributed by atoms with van der Waals surface area (Å²) in [6, 6.07) is 5.68. The molecule has 1 N–H and O–H groups in total. The van der Waals surface area contributed by atoms with Crippen molar-refractivity contribution in [1.29, 1.82) is 0 Å². The zero-order valence-corrected chi connectivity index (χ0v) is 26.8. The molecule has 4 rings (SSSR count). The Morgan fingerprint density at radius 1 is 1.10 bits per heavy atom. The van der Waals surface area contributed by atoms with Gasteiger partial charge in [-0.3, -0.25) is 19.7 Å². The van der Waals surface area contributed by atoms with Gasteiger partial charge >= 0.3 is 5.97 Å². The average Bonchev–Trinajstić information content (AvgIpc) is 3.24. The van der Waals surface area contributed by atoms with Crippen molar-refractivity contribution < 1.29 is 28.6 Å². The van der Waals surface area contributed by atoms with Crippen LogP contribution in [0.5, 0.6) is 11.5 Å². The predicted octanol–water partition coefficient (Wildman–Crippen LogP) is 7.38. The maximum atomic E-state index is 11.9. The van der Waals surface area contributed by atoms with E-state index in [1.165, 1.54) is 27.8 Å². The van der Waals surface area contributed by atoms with Crippen molar-refractivity contribution in [3.8, 4) is 11.5 Å². The number of hydrogen-bond donors (Lipinski definition) is 1. The number of amides is 2. The summed E-state index contributed by atoms with van der Waals surface area (Å²) in [6.45, 7) is 12.2. The Bertz CT molecular complexity index is 1390. The molecule has 2 amide bonds. The maximum absolute atomic E-state index is 11.9. The molecule has 2 aromatic rings. The minimum atomic E-state index is -0.368. The molecule has 2 aliphatic rings. The number of carbonyl (C=O) groups excluding carboxylic acids is 3. The summed E-state index contributed by atoms with van der Waals surface area (Å²) in [4.78, 5) is 35.3. The number of ether oxygens (including phenoxy) is 3. The van der Waals surface area contributed by atoms with Crippen molar-refractivity contribution >= 4 is 50.9 Å². The second kappa shape index (κ2) is 13.5. The molecule has 2 aromatic carbocycles. The predicted molar refractivity (Wildman–Crippen MR) is 166 cm³/mol. The number of benzene rings is 2. The molecule has 0 saturated carbocycles. The number of fused-ring (bicyclic) bond motifs is 1. The largest absolute Gasteiger partial charge is 0.493 e. The number of carbonyl (C=O) groups is 3. The van der Waals surface area contributed by atoms with Crippen LogP contribution in [-0.4, -0.2) is 36.9 Å². The monoisotopic (exact) mass is 643 g/mol. The molecule has 0 radical (unpaired) electrons. The Morgan fingerprint density at radius 2 is 1.88 bits per heavy atom. The molecule has 220 valence electrons. The van der Waals surface area contributed by atoms with E-state index in [9.17, 15) is 14.4 Å². The average molecular weight is 645 g/mol. The number of thioether (sulfide) groups is 1. The quantitative estimate of drug-likeness (QED) is 0.155. The van der Waals surface area contributed by atoms with Gasteiger partial charge in [-0.1, -0.05) is 13.0 Å². The summed E-state index contributed by atoms with van der Waals surface area (Å²) in [5.41, 5.74) is 7.26. The van der Waals surface area contributed by atoms with Gasteiger partial charge in [0.2, 0.25) is 0 Å². The van der Waals surface area contributed by atoms with E-state index in [2.05, 4.69) is 48.9 Å². The standard InChI is InChI=1S/C32H38BrNO6S/c1-6-38-28(35)9-7-8-14-39-29-20(3)19(2)24-17-32(5,13-12-23(24)21(29)4)18-40-26-11-10-22(15-25(26)33)16-27-30(36)34-31(37)41-27/h10-11,15-16H,6-9,12-14,17-18H2,1-5H3,(H,34,36,37). The summed E-state index contributed by atoms with van der Waals surface area (Å²) < 4.78 is 18.4. The van der Waals surface area contributed by atoms with Crippen molar-refractivity contribution in [2.24, 2.45) is 5.41 Å². The normalized spacial score (nSPS) is 19.2. The lowest BCUT2D eigenvalue weighted by Gasteiger charge is -2.37. The Labute approximate surface area is 254 Å². The van der Waals surface area contributed by atoms with Gasteiger partial charge in [0.05, 0.1) is 29.2 Å². The molecule has 0 aromatic heterocycles. The van der Waals surface area contributed by atoms with Crippen molar-refractivity contribution in [3.05, 3.63) is 61.0 Å². The lowest BCUT2D eigenvalue weighted by atomic mass is 9.70. The fourth-order valence-electron chi connectivity index (χ4n) is 5.45. The summed E-state index contributed by atoms with van der Waals surface area (Å²) >= 11 is 4.51. The van der Waals surface area contributed by atoms with Crippen LogP contribution in [0.25, 0.3) is 6.08 Å². The summed E-state index contributed by atoms with van der Waals surface area (Å²) in [7, 11) is 0. The summed E-state index contributed by atoms with van der Waals surface area (Å²) in [6.07, 6.45) is 6.60. The van der Waals surface area contributed by atoms with Gasteiger partial charge in [-0.05, 0) is 139 Å². The fraction of sp³-hybridized carbons (Fsp3) is 0.469. The van der Waals surface area contributed by atoms with Crippen LogP contribution in [0.4, 0.5) is 4.79 Å². The van der Waals surface area contributed by atoms with Crippen LogP contribution < -0.4 is 14.8 Å². The molecule has 1 aliphatic carbocycles. The van der Waals surface area contributed by atoms with Crippen molar-refractivity contribution in [2.45, 2.75) is 73.1 Å². The van der Waals surface area contributed by atoms with E-state index in [4.69, 9.17) is 14.2 Å². The fourth-order valence-corrected chi connectivity index (χ4v) is 6.65. The highest BCUT2D eigenvalue weighted by Crippen LogP contribution is 2.43. The molecule has 0 bridgehead atoms. The van der Waals surface area contributed by atoms with E-state index in [1.54, 1.807) is 6.08 Å². The van der Waals surface area contributed by atoms with E-state index in [1.807, 2.05) is 25.1 Å². The van der Waals surface area contributed by atoms with Gasteiger partial charge in [0.15, 0.2) is 0 Å². The highest BCUT2D eigenvalue weighted by atomic mass is 79.9. The third-order valence-electron chi connectivity index (χ3n) is 7.89. The van der Waals surface area contributed by atoms with Crippen LogP contribution >= 0.6 is 27.7 Å². The lowest BCUT2D eigenvalue weighted by Crippen LogP contribution is -2.33. The second-order valence-corrected chi connectivity index (χ2v) is 13.0. The van der Waals surface area contributed by atoms with Gasteiger partial charge in [-0.15, -0.1) is 0 Å². The van der Waals surface area contributed by atoms with Crippen LogP contribution in [0.1, 0.15) is 72.9 Å². The van der Waals surface area contributed by atoms with Crippen LogP contribution in [-0.2, 0) is 27.2 Å². The number of rotatable bonds is 11. The smallest absolute Gasteiger partial charge is 0.305 e. The van der Waals surface area contributed by atoms with Crippen LogP contribution in [0.2, 0.25) is 0 Å². The van der Waals surface area contributed by atoms with Crippen LogP contribution in [0.15, 0.2) is 27.6 Å². The first-order valence-corrected chi connectivity index (χ1v) is 15.7. The van der Waals surface area contributed by atoms with Crippen LogP contribution in [0.3, 0.4) is 0 Å². The zero-order valence-electron chi connectivity index (χ0n) is 24.4. The molecule has 9 heteroatoms. The van der Waals surface area contributed by atoms with Crippen molar-refractivity contribution in [2.75, 3.05) is 19.8 Å². The molecular weight excluding hydrogens is 606 g/mol. The van der Waals surface area contributed by atoms with Gasteiger partial charge in [-0.25, -0.2) is 0 Å². The van der Waals surface area contributed by atoms with Gasteiger partial charge in [-0.2, -0.15) is 0 Å². The SMILES string of the molecule is CCOC(=O)CCCCOc1c(C)c(C)c2c(c1C)CCC(C)(COc1ccc(C=C3SC(=O)NC3=O)cc1Br)C2. The van der Waals surface area contributed by atoms with E-state index >= 15 is 0 Å². The lowest BCUT2D eigenvalue weighted by molar-refractivity contribution is -0.143. The Kier molecular flexibility index (Phi) is 10.2. The second-order valence-electron chi connectivity index (χ2n) is 11.1. The minimum absolute atomic E-state index is 0.0227. The highest BCUT2D eigenvalue weighted by molar-refractivity contribution is 9.10. The van der Waals surface area contributed by atoms with E-state index in [-0.39, 0.29) is 22.5 Å². The zero-order chi connectivity index (χ0) is 29.7. The van der Waals surface area contributed by atoms with Crippen molar-refractivity contribution in [1.82, 2.24) is 5.32 Å². The Hall–Kier alpha value is -2.78. The first-order chi connectivity index (χ1) is 19.5. The first kappa shape index (κ1) is 31.2. The molecule has 7 nitrogen and oxygen atoms in total. The molecule has 1 unspecified atom stereocenters. The third kappa shape index (κ3) is 7.55. The first-order valence-electron chi connectivity index (χ1n) is 14.1. The van der Waals surface area contributed by atoms with Gasteiger partial charge in [0.25, 0.3) is 11.1 Å². The highest BCUT2D eigenvalue weighted by Gasteiger charge is 2.34. The number of esters is 1. The third-order valence-corrected chi connectivity index (χ3v) is 9.32. The molecule has 1 heterocycles. The van der Waals surface area contributed by atoms with E-state index < -0.39 is 0 Å². The Morgan fingerprint density at radius 3 is 2.56 bits per heavy atom. The van der Waals surface area contributed by atoms with Gasteiger partial charge in [0, 0.05) is 11.8 Å². The van der Waals surface area contributed by atoms with Gasteiger partial charge in [0.1, 0.15) is 11.5 Å². The molecule has 1 atom stereocenters. The number of nitrogens with one attached hydrogen (secondary N) is 1. The molecule has 1 saturated heterocycles. The number of hydrogen-bond acceptors (Lipinski definition) is 7. The molecule has 0 spiro atoms. The van der Waals surface area contributed by atoms with E-state index in [0.29, 0.717) is 31.1 Å². The topological polar surface area (TPSA) is 90.9 Å². The number of unbranched alkanes of at least 4 members (excludes halogenated alkanes) is 1. The van der Waals surface area contributed by atoms with Crippen molar-refractivity contribution in [3.63, 3.8) is 0 Å². The molecular formula is C32H38BrNO6S.